The summed E-state index contributed by atoms with van der Waals surface area (Å²) >= 11 is 0. The van der Waals surface area contributed by atoms with E-state index in [9.17, 15) is 4.79 Å². The van der Waals surface area contributed by atoms with Gasteiger partial charge in [-0.15, -0.1) is 0 Å². The number of morpholine rings is 1. The molecule has 4 heteroatoms. The number of anilines is 1. The van der Waals surface area contributed by atoms with Gasteiger partial charge in [-0.3, -0.25) is 9.69 Å². The molecule has 0 bridgehead atoms. The summed E-state index contributed by atoms with van der Waals surface area (Å²) in [5, 5.41) is 3.53. The minimum Gasteiger partial charge on any atom is -0.384 e. The first kappa shape index (κ1) is 16.7. The summed E-state index contributed by atoms with van der Waals surface area (Å²) in [4.78, 5) is 13.8. The Bertz CT molecular complexity index is 666. The topological polar surface area (TPSA) is 41.6 Å². The minimum atomic E-state index is 0.722. The SMILES string of the molecule is O=Cc1ccccc1-c1ccccc1NCCCN1CCOCC1. The van der Waals surface area contributed by atoms with Gasteiger partial charge in [-0.05, 0) is 24.6 Å². The van der Waals surface area contributed by atoms with E-state index in [1.165, 1.54) is 0 Å². The highest BCUT2D eigenvalue weighted by atomic mass is 16.5. The molecule has 0 radical (unpaired) electrons. The Morgan fingerprint density at radius 1 is 1.00 bits per heavy atom. The van der Waals surface area contributed by atoms with E-state index in [2.05, 4.69) is 22.3 Å². The van der Waals surface area contributed by atoms with Crippen molar-refractivity contribution in [1.29, 1.82) is 0 Å². The van der Waals surface area contributed by atoms with Gasteiger partial charge < -0.3 is 10.1 Å². The summed E-state index contributed by atoms with van der Waals surface area (Å²) in [7, 11) is 0. The van der Waals surface area contributed by atoms with Gasteiger partial charge in [-0.2, -0.15) is 0 Å². The Hall–Kier alpha value is -2.17. The quantitative estimate of drug-likeness (QED) is 0.627. The molecule has 1 aliphatic heterocycles. The highest BCUT2D eigenvalue weighted by molar-refractivity contribution is 5.91. The molecule has 126 valence electrons. The Morgan fingerprint density at radius 3 is 2.50 bits per heavy atom. The van der Waals surface area contributed by atoms with Crippen LogP contribution in [0.3, 0.4) is 0 Å². The lowest BCUT2D eigenvalue weighted by molar-refractivity contribution is 0.0378. The molecular formula is C20H24N2O2. The van der Waals surface area contributed by atoms with Crippen molar-refractivity contribution in [2.45, 2.75) is 6.42 Å². The van der Waals surface area contributed by atoms with Crippen LogP contribution in [0.2, 0.25) is 0 Å². The average molecular weight is 324 g/mol. The van der Waals surface area contributed by atoms with Crippen LogP contribution < -0.4 is 5.32 Å². The molecule has 1 aliphatic rings. The maximum atomic E-state index is 11.3. The third kappa shape index (κ3) is 4.22. The molecule has 0 atom stereocenters. The van der Waals surface area contributed by atoms with Gasteiger partial charge in [0.1, 0.15) is 0 Å². The largest absolute Gasteiger partial charge is 0.384 e. The van der Waals surface area contributed by atoms with Crippen LogP contribution in [0.15, 0.2) is 48.5 Å². The van der Waals surface area contributed by atoms with Gasteiger partial charge in [-0.1, -0.05) is 42.5 Å². The molecule has 1 N–H and O–H groups in total. The molecule has 1 saturated heterocycles. The van der Waals surface area contributed by atoms with Gasteiger partial charge in [0.05, 0.1) is 13.2 Å². The van der Waals surface area contributed by atoms with Gasteiger partial charge in [0, 0.05) is 36.4 Å². The third-order valence-electron chi connectivity index (χ3n) is 4.38. The van der Waals surface area contributed by atoms with Crippen molar-refractivity contribution in [3.8, 4) is 11.1 Å². The molecule has 3 rings (SSSR count). The molecule has 0 amide bonds. The molecular weight excluding hydrogens is 300 g/mol. The van der Waals surface area contributed by atoms with Crippen molar-refractivity contribution in [1.82, 2.24) is 4.90 Å². The predicted octanol–water partition coefficient (Wildman–Crippen LogP) is 3.30. The Balaban J connectivity index is 1.63. The van der Waals surface area contributed by atoms with Crippen LogP contribution in [0.1, 0.15) is 16.8 Å². The van der Waals surface area contributed by atoms with Gasteiger partial charge in [0.15, 0.2) is 6.29 Å². The summed E-state index contributed by atoms with van der Waals surface area (Å²) < 4.78 is 5.38. The number of carbonyl (C=O) groups excluding carboxylic acids is 1. The molecule has 1 fully saturated rings. The molecule has 4 nitrogen and oxygen atoms in total. The van der Waals surface area contributed by atoms with Gasteiger partial charge >= 0.3 is 0 Å². The fourth-order valence-corrected chi connectivity index (χ4v) is 3.07. The summed E-state index contributed by atoms with van der Waals surface area (Å²) in [5.74, 6) is 0. The van der Waals surface area contributed by atoms with E-state index in [4.69, 9.17) is 4.74 Å². The molecule has 24 heavy (non-hydrogen) atoms. The Labute approximate surface area is 143 Å². The number of aldehydes is 1. The van der Waals surface area contributed by atoms with Crippen LogP contribution in [0.5, 0.6) is 0 Å². The number of nitrogens with one attached hydrogen (secondary N) is 1. The maximum Gasteiger partial charge on any atom is 0.150 e. The number of ether oxygens (including phenoxy) is 1. The van der Waals surface area contributed by atoms with Crippen LogP contribution in [-0.2, 0) is 4.74 Å². The highest BCUT2D eigenvalue weighted by Gasteiger charge is 2.10. The zero-order valence-electron chi connectivity index (χ0n) is 13.9. The minimum absolute atomic E-state index is 0.722. The number of nitrogens with zero attached hydrogens (tertiary/aromatic N) is 1. The van der Waals surface area contributed by atoms with Crippen LogP contribution in [-0.4, -0.2) is 50.6 Å². The van der Waals surface area contributed by atoms with Crippen molar-refractivity contribution in [3.63, 3.8) is 0 Å². The van der Waals surface area contributed by atoms with E-state index < -0.39 is 0 Å². The molecule has 0 unspecified atom stereocenters. The lowest BCUT2D eigenvalue weighted by Gasteiger charge is -2.26. The second kappa shape index (κ2) is 8.62. The van der Waals surface area contributed by atoms with E-state index >= 15 is 0 Å². The fourth-order valence-electron chi connectivity index (χ4n) is 3.07. The summed E-state index contributed by atoms with van der Waals surface area (Å²) in [6, 6.07) is 15.9. The number of hydrogen-bond acceptors (Lipinski definition) is 4. The Morgan fingerprint density at radius 2 is 1.71 bits per heavy atom. The Kier molecular flexibility index (Phi) is 5.99. The summed E-state index contributed by atoms with van der Waals surface area (Å²) in [6.45, 7) is 5.76. The van der Waals surface area contributed by atoms with Crippen molar-refractivity contribution >= 4 is 12.0 Å². The normalized spacial score (nSPS) is 15.2. The number of hydrogen-bond donors (Lipinski definition) is 1. The van der Waals surface area contributed by atoms with Crippen molar-refractivity contribution < 1.29 is 9.53 Å². The van der Waals surface area contributed by atoms with Crippen molar-refractivity contribution in [2.75, 3.05) is 44.7 Å². The zero-order chi connectivity index (χ0) is 16.6. The van der Waals surface area contributed by atoms with Crippen LogP contribution in [0.4, 0.5) is 5.69 Å². The first-order valence-electron chi connectivity index (χ1n) is 8.56. The number of carbonyl (C=O) groups is 1. The monoisotopic (exact) mass is 324 g/mol. The molecule has 0 saturated carbocycles. The molecule has 0 aromatic heterocycles. The number of para-hydroxylation sites is 1. The predicted molar refractivity (Wildman–Crippen MR) is 97.6 cm³/mol. The lowest BCUT2D eigenvalue weighted by Crippen LogP contribution is -2.37. The van der Waals surface area contributed by atoms with Gasteiger partial charge in [-0.25, -0.2) is 0 Å². The number of rotatable bonds is 7. The van der Waals surface area contributed by atoms with Gasteiger partial charge in [0.25, 0.3) is 0 Å². The molecule has 0 aliphatic carbocycles. The van der Waals surface area contributed by atoms with Crippen LogP contribution in [0, 0.1) is 0 Å². The zero-order valence-corrected chi connectivity index (χ0v) is 13.9. The fraction of sp³-hybridized carbons (Fsp3) is 0.350. The van der Waals surface area contributed by atoms with Crippen LogP contribution >= 0.6 is 0 Å². The average Bonchev–Trinajstić information content (AvgIpc) is 2.66. The second-order valence-electron chi connectivity index (χ2n) is 5.99. The lowest BCUT2D eigenvalue weighted by atomic mass is 9.99. The molecule has 2 aromatic carbocycles. The molecule has 2 aromatic rings. The van der Waals surface area contributed by atoms with E-state index in [1.54, 1.807) is 0 Å². The van der Waals surface area contributed by atoms with E-state index in [1.807, 2.05) is 36.4 Å². The maximum absolute atomic E-state index is 11.3. The van der Waals surface area contributed by atoms with E-state index in [0.29, 0.717) is 0 Å². The van der Waals surface area contributed by atoms with Crippen LogP contribution in [0.25, 0.3) is 11.1 Å². The molecule has 0 spiro atoms. The highest BCUT2D eigenvalue weighted by Crippen LogP contribution is 2.29. The summed E-state index contributed by atoms with van der Waals surface area (Å²) in [6.07, 6.45) is 2.01. The van der Waals surface area contributed by atoms with E-state index in [-0.39, 0.29) is 0 Å². The number of benzene rings is 2. The molecule has 1 heterocycles. The smallest absolute Gasteiger partial charge is 0.150 e. The van der Waals surface area contributed by atoms with Crippen molar-refractivity contribution in [2.24, 2.45) is 0 Å². The standard InChI is InChI=1S/C20H24N2O2/c23-16-17-6-1-2-7-18(17)19-8-3-4-9-20(19)21-10-5-11-22-12-14-24-15-13-22/h1-4,6-9,16,21H,5,10-15H2. The summed E-state index contributed by atoms with van der Waals surface area (Å²) in [5.41, 5.74) is 3.85. The first-order chi connectivity index (χ1) is 11.9. The van der Waals surface area contributed by atoms with E-state index in [0.717, 1.165) is 74.5 Å². The van der Waals surface area contributed by atoms with Crippen molar-refractivity contribution in [3.05, 3.63) is 54.1 Å². The van der Waals surface area contributed by atoms with Gasteiger partial charge in [0.2, 0.25) is 0 Å². The third-order valence-corrected chi connectivity index (χ3v) is 4.38. The second-order valence-corrected chi connectivity index (χ2v) is 5.99. The first-order valence-corrected chi connectivity index (χ1v) is 8.56.